The highest BCUT2D eigenvalue weighted by Gasteiger charge is 2.34. The van der Waals surface area contributed by atoms with Gasteiger partial charge in [0.25, 0.3) is 0 Å². The molecule has 11 heavy (non-hydrogen) atoms. The van der Waals surface area contributed by atoms with Crippen molar-refractivity contribution in [3.63, 3.8) is 0 Å². The molecule has 0 aromatic carbocycles. The van der Waals surface area contributed by atoms with Gasteiger partial charge in [-0.2, -0.15) is 0 Å². The molecule has 0 saturated carbocycles. The summed E-state index contributed by atoms with van der Waals surface area (Å²) in [6, 6.07) is 0. The van der Waals surface area contributed by atoms with E-state index in [1.54, 1.807) is 0 Å². The molecule has 1 N–H and O–H groups in total. The van der Waals surface area contributed by atoms with Gasteiger partial charge in [0, 0.05) is 12.5 Å². The lowest BCUT2D eigenvalue weighted by atomic mass is 9.85. The van der Waals surface area contributed by atoms with Gasteiger partial charge in [-0.15, -0.1) is 0 Å². The van der Waals surface area contributed by atoms with E-state index in [4.69, 9.17) is 0 Å². The van der Waals surface area contributed by atoms with Crippen molar-refractivity contribution in [1.29, 1.82) is 0 Å². The average molecular weight is 149 g/mol. The molecule has 1 aliphatic heterocycles. The normalized spacial score (nSPS) is 34.6. The van der Waals surface area contributed by atoms with Crippen LogP contribution in [0.3, 0.4) is 0 Å². The smallest absolute Gasteiger partial charge is 0.227 e. The summed E-state index contributed by atoms with van der Waals surface area (Å²) < 4.78 is 0. The van der Waals surface area contributed by atoms with Gasteiger partial charge < -0.3 is 5.32 Å². The lowest BCUT2D eigenvalue weighted by Gasteiger charge is -2.16. The Kier molecular flexibility index (Phi) is 1.34. The molecular formula is C9H11NO. The highest BCUT2D eigenvalue weighted by molar-refractivity contribution is 5.84. The molecule has 1 heterocycles. The van der Waals surface area contributed by atoms with Gasteiger partial charge in [-0.1, -0.05) is 23.8 Å². The molecule has 2 aliphatic rings. The van der Waals surface area contributed by atoms with E-state index < -0.39 is 0 Å². The molecule has 0 spiro atoms. The monoisotopic (exact) mass is 149 g/mol. The zero-order chi connectivity index (χ0) is 7.84. The third-order valence-electron chi connectivity index (χ3n) is 2.43. The maximum Gasteiger partial charge on any atom is 0.227 e. The minimum absolute atomic E-state index is 0.125. The first-order valence-electron chi connectivity index (χ1n) is 3.92. The summed E-state index contributed by atoms with van der Waals surface area (Å²) in [7, 11) is 0. The summed E-state index contributed by atoms with van der Waals surface area (Å²) in [5, 5.41) is 2.86. The molecule has 0 aromatic heterocycles. The van der Waals surface area contributed by atoms with Gasteiger partial charge in [0.05, 0.1) is 5.92 Å². The first kappa shape index (κ1) is 6.65. The van der Waals surface area contributed by atoms with Crippen molar-refractivity contribution in [3.8, 4) is 0 Å². The van der Waals surface area contributed by atoms with Gasteiger partial charge in [0.15, 0.2) is 0 Å². The van der Waals surface area contributed by atoms with Crippen molar-refractivity contribution in [2.75, 3.05) is 6.54 Å². The van der Waals surface area contributed by atoms with Crippen LogP contribution in [-0.2, 0) is 4.79 Å². The van der Waals surface area contributed by atoms with E-state index in [0.29, 0.717) is 5.92 Å². The number of fused-ring (bicyclic) bond motifs is 1. The third-order valence-corrected chi connectivity index (χ3v) is 2.43. The number of nitrogens with one attached hydrogen (secondary N) is 1. The molecule has 1 fully saturated rings. The van der Waals surface area contributed by atoms with Crippen LogP contribution in [0.25, 0.3) is 0 Å². The predicted molar refractivity (Wildman–Crippen MR) is 42.9 cm³/mol. The van der Waals surface area contributed by atoms with Crippen molar-refractivity contribution in [3.05, 3.63) is 23.8 Å². The standard InChI is InChI=1S/C9H11NO/c1-6-3-2-4-7-5-10-9(11)8(6)7/h2-4,7-8H,5H2,1H3,(H,10,11). The van der Waals surface area contributed by atoms with Crippen molar-refractivity contribution in [2.45, 2.75) is 6.92 Å². The van der Waals surface area contributed by atoms with Crippen LogP contribution in [0.1, 0.15) is 6.92 Å². The van der Waals surface area contributed by atoms with Gasteiger partial charge >= 0.3 is 0 Å². The Morgan fingerprint density at radius 3 is 3.18 bits per heavy atom. The van der Waals surface area contributed by atoms with E-state index in [2.05, 4.69) is 11.4 Å². The number of carbonyl (C=O) groups excluding carboxylic acids is 1. The van der Waals surface area contributed by atoms with Crippen LogP contribution < -0.4 is 5.32 Å². The van der Waals surface area contributed by atoms with Crippen molar-refractivity contribution >= 4 is 5.91 Å². The van der Waals surface area contributed by atoms with Crippen molar-refractivity contribution < 1.29 is 4.79 Å². The molecule has 1 saturated heterocycles. The number of hydrogen-bond acceptors (Lipinski definition) is 1. The SMILES string of the molecule is CC1=CC=CC2CNC(=O)C12. The molecule has 0 bridgehead atoms. The van der Waals surface area contributed by atoms with E-state index in [0.717, 1.165) is 6.54 Å². The zero-order valence-electron chi connectivity index (χ0n) is 6.50. The van der Waals surface area contributed by atoms with E-state index in [1.807, 2.05) is 19.1 Å². The van der Waals surface area contributed by atoms with Crippen LogP contribution >= 0.6 is 0 Å². The Hall–Kier alpha value is -1.05. The van der Waals surface area contributed by atoms with Crippen LogP contribution in [0.5, 0.6) is 0 Å². The molecule has 2 rings (SSSR count). The van der Waals surface area contributed by atoms with Crippen LogP contribution in [-0.4, -0.2) is 12.5 Å². The van der Waals surface area contributed by atoms with Crippen molar-refractivity contribution in [1.82, 2.24) is 5.32 Å². The number of allylic oxidation sites excluding steroid dienone is 2. The van der Waals surface area contributed by atoms with Gasteiger partial charge in [0.2, 0.25) is 5.91 Å². The van der Waals surface area contributed by atoms with Gasteiger partial charge in [-0.05, 0) is 6.92 Å². The first-order chi connectivity index (χ1) is 5.29. The quantitative estimate of drug-likeness (QED) is 0.544. The first-order valence-corrected chi connectivity index (χ1v) is 3.92. The maximum atomic E-state index is 11.2. The molecule has 58 valence electrons. The Morgan fingerprint density at radius 1 is 1.64 bits per heavy atom. The minimum atomic E-state index is 0.125. The van der Waals surface area contributed by atoms with E-state index in [-0.39, 0.29) is 11.8 Å². The number of hydrogen-bond donors (Lipinski definition) is 1. The molecule has 0 aromatic rings. The second-order valence-corrected chi connectivity index (χ2v) is 3.18. The third kappa shape index (κ3) is 0.897. The number of rotatable bonds is 0. The lowest BCUT2D eigenvalue weighted by Crippen LogP contribution is -2.21. The van der Waals surface area contributed by atoms with Crippen LogP contribution in [0.2, 0.25) is 0 Å². The summed E-state index contributed by atoms with van der Waals surface area (Å²) in [5.74, 6) is 0.723. The van der Waals surface area contributed by atoms with Crippen LogP contribution in [0.4, 0.5) is 0 Å². The van der Waals surface area contributed by atoms with Crippen molar-refractivity contribution in [2.24, 2.45) is 11.8 Å². The molecule has 2 unspecified atom stereocenters. The molecule has 0 radical (unpaired) electrons. The Bertz CT molecular complexity index is 252. The van der Waals surface area contributed by atoms with Crippen LogP contribution in [0.15, 0.2) is 23.8 Å². The zero-order valence-corrected chi connectivity index (χ0v) is 6.50. The fourth-order valence-electron chi connectivity index (χ4n) is 1.82. The number of amides is 1. The maximum absolute atomic E-state index is 11.2. The predicted octanol–water partition coefficient (Wildman–Crippen LogP) is 0.865. The largest absolute Gasteiger partial charge is 0.355 e. The summed E-state index contributed by atoms with van der Waals surface area (Å²) >= 11 is 0. The Morgan fingerprint density at radius 2 is 2.45 bits per heavy atom. The summed E-state index contributed by atoms with van der Waals surface area (Å²) in [6.07, 6.45) is 6.17. The Labute approximate surface area is 66.0 Å². The number of carbonyl (C=O) groups is 1. The average Bonchev–Trinajstić information content (AvgIpc) is 2.34. The minimum Gasteiger partial charge on any atom is -0.355 e. The molecule has 2 heteroatoms. The molecule has 1 amide bonds. The molecule has 2 atom stereocenters. The lowest BCUT2D eigenvalue weighted by molar-refractivity contribution is -0.121. The van der Waals surface area contributed by atoms with Gasteiger partial charge in [0.1, 0.15) is 0 Å². The molecule has 2 nitrogen and oxygen atoms in total. The van der Waals surface area contributed by atoms with Gasteiger partial charge in [-0.25, -0.2) is 0 Å². The van der Waals surface area contributed by atoms with Crippen LogP contribution in [0, 0.1) is 11.8 Å². The second-order valence-electron chi connectivity index (χ2n) is 3.18. The fourth-order valence-corrected chi connectivity index (χ4v) is 1.82. The fraction of sp³-hybridized carbons (Fsp3) is 0.444. The topological polar surface area (TPSA) is 29.1 Å². The molecular weight excluding hydrogens is 138 g/mol. The highest BCUT2D eigenvalue weighted by Crippen LogP contribution is 2.29. The van der Waals surface area contributed by atoms with Gasteiger partial charge in [-0.3, -0.25) is 4.79 Å². The Balaban J connectivity index is 2.33. The summed E-state index contributed by atoms with van der Waals surface area (Å²) in [4.78, 5) is 11.2. The summed E-state index contributed by atoms with van der Waals surface area (Å²) in [6.45, 7) is 2.83. The van der Waals surface area contributed by atoms with E-state index >= 15 is 0 Å². The van der Waals surface area contributed by atoms with E-state index in [1.165, 1.54) is 5.57 Å². The second kappa shape index (κ2) is 2.22. The highest BCUT2D eigenvalue weighted by atomic mass is 16.2. The molecule has 1 aliphatic carbocycles. The van der Waals surface area contributed by atoms with E-state index in [9.17, 15) is 4.79 Å². The summed E-state index contributed by atoms with van der Waals surface area (Å²) in [5.41, 5.74) is 1.19.